The molecule has 0 unspecified atom stereocenters. The van der Waals surface area contributed by atoms with E-state index < -0.39 is 0 Å². The van der Waals surface area contributed by atoms with Crippen LogP contribution in [-0.4, -0.2) is 15.6 Å². The van der Waals surface area contributed by atoms with E-state index in [9.17, 15) is 0 Å². The van der Waals surface area contributed by atoms with Crippen LogP contribution in [0, 0.1) is 13.8 Å². The summed E-state index contributed by atoms with van der Waals surface area (Å²) in [6.45, 7) is 8.05. The monoisotopic (exact) mass is 178 g/mol. The molecule has 0 N–H and O–H groups in total. The van der Waals surface area contributed by atoms with E-state index in [0.717, 1.165) is 29.4 Å². The van der Waals surface area contributed by atoms with Crippen LogP contribution < -0.4 is 4.74 Å². The molecule has 0 aromatic carbocycles. The minimum Gasteiger partial charge on any atom is -0.471 e. The number of rotatable bonds is 0. The van der Waals surface area contributed by atoms with Gasteiger partial charge in [-0.3, -0.25) is 0 Å². The summed E-state index contributed by atoms with van der Waals surface area (Å²) in [5, 5.41) is 0. The van der Waals surface area contributed by atoms with Crippen molar-refractivity contribution in [2.45, 2.75) is 39.7 Å². The van der Waals surface area contributed by atoms with E-state index in [1.807, 2.05) is 13.8 Å². The minimum absolute atomic E-state index is 0.116. The Hall–Kier alpha value is -1.12. The Morgan fingerprint density at radius 1 is 1.23 bits per heavy atom. The maximum Gasteiger partial charge on any atom is 0.220 e. The number of aromatic nitrogens is 2. The molecular formula is C10H14N2O. The van der Waals surface area contributed by atoms with Crippen molar-refractivity contribution in [2.75, 3.05) is 0 Å². The highest BCUT2D eigenvalue weighted by atomic mass is 16.5. The molecule has 1 aromatic rings. The van der Waals surface area contributed by atoms with Crippen LogP contribution in [0.1, 0.15) is 30.9 Å². The van der Waals surface area contributed by atoms with Crippen LogP contribution in [-0.2, 0) is 6.42 Å². The van der Waals surface area contributed by atoms with E-state index in [1.165, 1.54) is 0 Å². The molecule has 2 rings (SSSR count). The van der Waals surface area contributed by atoms with Gasteiger partial charge in [-0.15, -0.1) is 0 Å². The highest BCUT2D eigenvalue weighted by Gasteiger charge is 2.32. The largest absolute Gasteiger partial charge is 0.471 e. The number of hydrogen-bond acceptors (Lipinski definition) is 3. The average Bonchev–Trinajstić information content (AvgIpc) is 2.23. The standard InChI is InChI=1S/C10H14N2O/c1-6-8-5-10(3,4)13-9(8)12-7(2)11-6/h5H2,1-4H3. The molecule has 0 amide bonds. The average molecular weight is 178 g/mol. The molecule has 13 heavy (non-hydrogen) atoms. The Morgan fingerprint density at radius 3 is 2.62 bits per heavy atom. The van der Waals surface area contributed by atoms with Gasteiger partial charge in [0.25, 0.3) is 0 Å². The summed E-state index contributed by atoms with van der Waals surface area (Å²) >= 11 is 0. The zero-order valence-electron chi connectivity index (χ0n) is 8.51. The van der Waals surface area contributed by atoms with Crippen molar-refractivity contribution < 1.29 is 4.74 Å². The molecule has 0 saturated heterocycles. The summed E-state index contributed by atoms with van der Waals surface area (Å²) < 4.78 is 5.70. The van der Waals surface area contributed by atoms with Crippen LogP contribution in [0.15, 0.2) is 0 Å². The van der Waals surface area contributed by atoms with Crippen LogP contribution in [0.4, 0.5) is 0 Å². The van der Waals surface area contributed by atoms with Crippen molar-refractivity contribution in [3.05, 3.63) is 17.1 Å². The van der Waals surface area contributed by atoms with Crippen LogP contribution >= 0.6 is 0 Å². The minimum atomic E-state index is -0.116. The summed E-state index contributed by atoms with van der Waals surface area (Å²) in [5.41, 5.74) is 2.10. The third kappa shape index (κ3) is 1.39. The lowest BCUT2D eigenvalue weighted by Gasteiger charge is -2.15. The van der Waals surface area contributed by atoms with Crippen molar-refractivity contribution in [3.63, 3.8) is 0 Å². The van der Waals surface area contributed by atoms with Crippen molar-refractivity contribution >= 4 is 0 Å². The number of fused-ring (bicyclic) bond motifs is 1. The molecular weight excluding hydrogens is 164 g/mol. The molecule has 1 aliphatic heterocycles. The number of aryl methyl sites for hydroxylation is 2. The first-order valence-corrected chi connectivity index (χ1v) is 4.51. The van der Waals surface area contributed by atoms with E-state index >= 15 is 0 Å². The smallest absolute Gasteiger partial charge is 0.220 e. The van der Waals surface area contributed by atoms with Gasteiger partial charge >= 0.3 is 0 Å². The Kier molecular flexibility index (Phi) is 1.59. The fourth-order valence-corrected chi connectivity index (χ4v) is 1.72. The van der Waals surface area contributed by atoms with Gasteiger partial charge < -0.3 is 4.74 Å². The third-order valence-corrected chi connectivity index (χ3v) is 2.26. The lowest BCUT2D eigenvalue weighted by molar-refractivity contribution is 0.133. The topological polar surface area (TPSA) is 35.0 Å². The molecule has 1 aromatic heterocycles. The SMILES string of the molecule is Cc1nc(C)c2c(n1)OC(C)(C)C2. The second-order valence-corrected chi connectivity index (χ2v) is 4.18. The summed E-state index contributed by atoms with van der Waals surface area (Å²) in [7, 11) is 0. The lowest BCUT2D eigenvalue weighted by Crippen LogP contribution is -2.24. The predicted molar refractivity (Wildman–Crippen MR) is 49.9 cm³/mol. The van der Waals surface area contributed by atoms with Crippen molar-refractivity contribution in [3.8, 4) is 5.88 Å². The number of hydrogen-bond donors (Lipinski definition) is 0. The maximum atomic E-state index is 5.70. The van der Waals surface area contributed by atoms with Gasteiger partial charge in [-0.1, -0.05) is 0 Å². The zero-order chi connectivity index (χ0) is 9.64. The van der Waals surface area contributed by atoms with Gasteiger partial charge in [-0.2, -0.15) is 4.98 Å². The molecule has 0 atom stereocenters. The molecule has 0 radical (unpaired) electrons. The van der Waals surface area contributed by atoms with Crippen LogP contribution in [0.2, 0.25) is 0 Å². The van der Waals surface area contributed by atoms with Gasteiger partial charge in [0.2, 0.25) is 5.88 Å². The van der Waals surface area contributed by atoms with Gasteiger partial charge in [-0.05, 0) is 27.7 Å². The molecule has 0 spiro atoms. The first-order valence-electron chi connectivity index (χ1n) is 4.51. The number of nitrogens with zero attached hydrogens (tertiary/aromatic N) is 2. The van der Waals surface area contributed by atoms with Gasteiger partial charge in [0.05, 0.1) is 0 Å². The Labute approximate surface area is 78.2 Å². The molecule has 70 valence electrons. The Balaban J connectivity index is 2.52. The van der Waals surface area contributed by atoms with Crippen molar-refractivity contribution in [1.82, 2.24) is 9.97 Å². The van der Waals surface area contributed by atoms with Crippen LogP contribution in [0.3, 0.4) is 0 Å². The first-order chi connectivity index (χ1) is 5.98. The van der Waals surface area contributed by atoms with Gasteiger partial charge in [-0.25, -0.2) is 4.98 Å². The fourth-order valence-electron chi connectivity index (χ4n) is 1.72. The van der Waals surface area contributed by atoms with Crippen LogP contribution in [0.5, 0.6) is 5.88 Å². The molecule has 0 saturated carbocycles. The van der Waals surface area contributed by atoms with E-state index in [4.69, 9.17) is 4.74 Å². The molecule has 3 heteroatoms. The van der Waals surface area contributed by atoms with Crippen molar-refractivity contribution in [2.24, 2.45) is 0 Å². The second kappa shape index (κ2) is 2.44. The molecule has 2 heterocycles. The fraction of sp³-hybridized carbons (Fsp3) is 0.600. The third-order valence-electron chi connectivity index (χ3n) is 2.26. The van der Waals surface area contributed by atoms with Gasteiger partial charge in [0.1, 0.15) is 11.4 Å². The molecule has 0 bridgehead atoms. The zero-order valence-corrected chi connectivity index (χ0v) is 8.51. The Bertz CT molecular complexity index is 358. The summed E-state index contributed by atoms with van der Waals surface area (Å²) in [6.07, 6.45) is 0.911. The highest BCUT2D eigenvalue weighted by Crippen LogP contribution is 2.34. The predicted octanol–water partition coefficient (Wildman–Crippen LogP) is 1.81. The summed E-state index contributed by atoms with van der Waals surface area (Å²) in [4.78, 5) is 8.60. The Morgan fingerprint density at radius 2 is 1.92 bits per heavy atom. The first kappa shape index (κ1) is 8.48. The summed E-state index contributed by atoms with van der Waals surface area (Å²) in [6, 6.07) is 0. The number of ether oxygens (including phenoxy) is 1. The molecule has 0 fully saturated rings. The normalized spacial score (nSPS) is 18.2. The van der Waals surface area contributed by atoms with E-state index in [1.54, 1.807) is 0 Å². The summed E-state index contributed by atoms with van der Waals surface area (Å²) in [5.74, 6) is 1.56. The maximum absolute atomic E-state index is 5.70. The quantitative estimate of drug-likeness (QED) is 0.607. The van der Waals surface area contributed by atoms with Crippen molar-refractivity contribution in [1.29, 1.82) is 0 Å². The van der Waals surface area contributed by atoms with E-state index in [-0.39, 0.29) is 5.60 Å². The molecule has 1 aliphatic rings. The lowest BCUT2D eigenvalue weighted by atomic mass is 10.0. The second-order valence-electron chi connectivity index (χ2n) is 4.18. The van der Waals surface area contributed by atoms with Gasteiger partial charge in [0, 0.05) is 17.7 Å². The van der Waals surface area contributed by atoms with E-state index in [0.29, 0.717) is 0 Å². The van der Waals surface area contributed by atoms with Gasteiger partial charge in [0.15, 0.2) is 0 Å². The van der Waals surface area contributed by atoms with Crippen LogP contribution in [0.25, 0.3) is 0 Å². The molecule has 0 aliphatic carbocycles. The molecule has 3 nitrogen and oxygen atoms in total. The van der Waals surface area contributed by atoms with E-state index in [2.05, 4.69) is 23.8 Å². The highest BCUT2D eigenvalue weighted by molar-refractivity contribution is 5.35.